The molecule has 4 rings (SSSR count). The van der Waals surface area contributed by atoms with Gasteiger partial charge in [0.25, 0.3) is 5.91 Å². The number of hydrogen-bond acceptors (Lipinski definition) is 6. The molecule has 0 radical (unpaired) electrons. The molecule has 1 aliphatic rings. The summed E-state index contributed by atoms with van der Waals surface area (Å²) in [6, 6.07) is 8.94. The van der Waals surface area contributed by atoms with E-state index in [4.69, 9.17) is 14.0 Å². The lowest BCUT2D eigenvalue weighted by molar-refractivity contribution is 0.102. The fraction of sp³-hybridized carbons (Fsp3) is 0.188. The van der Waals surface area contributed by atoms with Crippen LogP contribution in [0.3, 0.4) is 0 Å². The van der Waals surface area contributed by atoms with Gasteiger partial charge in [-0.1, -0.05) is 5.16 Å². The monoisotopic (exact) mass is 326 g/mol. The molecule has 2 aromatic heterocycles. The van der Waals surface area contributed by atoms with Gasteiger partial charge in [-0.3, -0.25) is 9.48 Å². The highest BCUT2D eigenvalue weighted by molar-refractivity contribution is 6.03. The topological polar surface area (TPSA) is 91.4 Å². The summed E-state index contributed by atoms with van der Waals surface area (Å²) in [5, 5.41) is 10.6. The molecule has 0 spiro atoms. The summed E-state index contributed by atoms with van der Waals surface area (Å²) < 4.78 is 17.3. The maximum Gasteiger partial charge on any atom is 0.277 e. The Kier molecular flexibility index (Phi) is 3.23. The van der Waals surface area contributed by atoms with Crippen molar-refractivity contribution in [1.29, 1.82) is 0 Å². The van der Waals surface area contributed by atoms with E-state index in [1.54, 1.807) is 30.8 Å². The van der Waals surface area contributed by atoms with Gasteiger partial charge < -0.3 is 19.3 Å². The van der Waals surface area contributed by atoms with Gasteiger partial charge in [0.2, 0.25) is 6.79 Å². The minimum Gasteiger partial charge on any atom is -0.454 e. The van der Waals surface area contributed by atoms with Crippen molar-refractivity contribution in [2.45, 2.75) is 6.92 Å². The first-order chi connectivity index (χ1) is 11.6. The largest absolute Gasteiger partial charge is 0.454 e. The Morgan fingerprint density at radius 2 is 2.04 bits per heavy atom. The van der Waals surface area contributed by atoms with Crippen molar-refractivity contribution in [2.75, 3.05) is 12.1 Å². The molecule has 0 atom stereocenters. The second-order valence-electron chi connectivity index (χ2n) is 5.38. The van der Waals surface area contributed by atoms with E-state index in [0.29, 0.717) is 23.1 Å². The molecule has 1 aliphatic heterocycles. The van der Waals surface area contributed by atoms with Gasteiger partial charge in [-0.15, -0.1) is 0 Å². The average molecular weight is 326 g/mol. The lowest BCUT2D eigenvalue weighted by atomic mass is 10.1. The van der Waals surface area contributed by atoms with Gasteiger partial charge in [0.05, 0.1) is 5.69 Å². The fourth-order valence-electron chi connectivity index (χ4n) is 2.51. The Bertz CT molecular complexity index is 928. The van der Waals surface area contributed by atoms with Crippen LogP contribution in [0.15, 0.2) is 34.9 Å². The predicted molar refractivity (Wildman–Crippen MR) is 84.0 cm³/mol. The number of aromatic nitrogens is 3. The molecule has 0 fully saturated rings. The smallest absolute Gasteiger partial charge is 0.277 e. The van der Waals surface area contributed by atoms with Gasteiger partial charge in [-0.2, -0.15) is 5.10 Å². The first kappa shape index (κ1) is 14.3. The molecule has 0 saturated carbocycles. The van der Waals surface area contributed by atoms with E-state index >= 15 is 0 Å². The number of nitrogens with zero attached hydrogens (tertiary/aromatic N) is 3. The lowest BCUT2D eigenvalue weighted by Crippen LogP contribution is -2.13. The highest BCUT2D eigenvalue weighted by Crippen LogP contribution is 2.35. The number of hydrogen-bond donors (Lipinski definition) is 1. The summed E-state index contributed by atoms with van der Waals surface area (Å²) >= 11 is 0. The van der Waals surface area contributed by atoms with Gasteiger partial charge in [0.1, 0.15) is 5.76 Å². The predicted octanol–water partition coefficient (Wildman–Crippen LogP) is 2.36. The van der Waals surface area contributed by atoms with E-state index in [1.165, 1.54) is 0 Å². The molecule has 1 amide bonds. The Labute approximate surface area is 137 Å². The maximum absolute atomic E-state index is 12.3. The van der Waals surface area contributed by atoms with Crippen LogP contribution in [0.25, 0.3) is 11.3 Å². The van der Waals surface area contributed by atoms with Crippen LogP contribution in [0.4, 0.5) is 5.82 Å². The van der Waals surface area contributed by atoms with Crippen molar-refractivity contribution in [1.82, 2.24) is 14.9 Å². The number of anilines is 1. The van der Waals surface area contributed by atoms with Crippen LogP contribution in [0.2, 0.25) is 0 Å². The first-order valence-corrected chi connectivity index (χ1v) is 7.29. The van der Waals surface area contributed by atoms with Gasteiger partial charge in [0, 0.05) is 18.7 Å². The van der Waals surface area contributed by atoms with E-state index in [-0.39, 0.29) is 18.4 Å². The van der Waals surface area contributed by atoms with Crippen LogP contribution in [0, 0.1) is 6.92 Å². The molecule has 122 valence electrons. The van der Waals surface area contributed by atoms with Crippen molar-refractivity contribution in [3.8, 4) is 22.8 Å². The molecular weight excluding hydrogens is 312 g/mol. The molecule has 3 aromatic rings. The maximum atomic E-state index is 12.3. The summed E-state index contributed by atoms with van der Waals surface area (Å²) in [6.45, 7) is 1.97. The molecule has 0 unspecified atom stereocenters. The second kappa shape index (κ2) is 5.41. The van der Waals surface area contributed by atoms with Crippen molar-refractivity contribution in [3.05, 3.63) is 41.8 Å². The van der Waals surface area contributed by atoms with E-state index < -0.39 is 0 Å². The number of benzene rings is 1. The second-order valence-corrected chi connectivity index (χ2v) is 5.38. The molecule has 1 aromatic carbocycles. The SMILES string of the molecule is Cc1cc(NC(=O)c2cc(-c3ccc4c(c3)OCO4)n(C)n2)no1. The summed E-state index contributed by atoms with van der Waals surface area (Å²) in [4.78, 5) is 12.3. The van der Waals surface area contributed by atoms with Gasteiger partial charge in [-0.25, -0.2) is 0 Å². The molecule has 0 aliphatic carbocycles. The number of amides is 1. The van der Waals surface area contributed by atoms with Gasteiger partial charge >= 0.3 is 0 Å². The summed E-state index contributed by atoms with van der Waals surface area (Å²) in [6.07, 6.45) is 0. The number of rotatable bonds is 3. The number of carbonyl (C=O) groups is 1. The number of aryl methyl sites for hydroxylation is 2. The number of carbonyl (C=O) groups excluding carboxylic acids is 1. The third kappa shape index (κ3) is 2.47. The van der Waals surface area contributed by atoms with Crippen LogP contribution in [0.5, 0.6) is 11.5 Å². The van der Waals surface area contributed by atoms with Gasteiger partial charge in [0.15, 0.2) is 23.0 Å². The van der Waals surface area contributed by atoms with Gasteiger partial charge in [-0.05, 0) is 31.2 Å². The molecule has 0 saturated heterocycles. The Morgan fingerprint density at radius 1 is 1.21 bits per heavy atom. The molecule has 0 bridgehead atoms. The van der Waals surface area contributed by atoms with Crippen LogP contribution < -0.4 is 14.8 Å². The highest BCUT2D eigenvalue weighted by Gasteiger charge is 2.18. The molecular formula is C16H14N4O4. The van der Waals surface area contributed by atoms with E-state index in [9.17, 15) is 4.79 Å². The van der Waals surface area contributed by atoms with Crippen LogP contribution >= 0.6 is 0 Å². The van der Waals surface area contributed by atoms with Crippen LogP contribution in [0.1, 0.15) is 16.2 Å². The zero-order valence-corrected chi connectivity index (χ0v) is 13.1. The zero-order chi connectivity index (χ0) is 16.7. The molecule has 1 N–H and O–H groups in total. The average Bonchev–Trinajstić information content (AvgIpc) is 3.26. The van der Waals surface area contributed by atoms with E-state index in [0.717, 1.165) is 11.3 Å². The Morgan fingerprint density at radius 3 is 2.83 bits per heavy atom. The number of nitrogens with one attached hydrogen (secondary N) is 1. The summed E-state index contributed by atoms with van der Waals surface area (Å²) in [7, 11) is 1.77. The van der Waals surface area contributed by atoms with Crippen LogP contribution in [-0.2, 0) is 7.05 Å². The quantitative estimate of drug-likeness (QED) is 0.794. The minimum absolute atomic E-state index is 0.217. The zero-order valence-electron chi connectivity index (χ0n) is 13.1. The van der Waals surface area contributed by atoms with Crippen LogP contribution in [-0.4, -0.2) is 27.6 Å². The third-order valence-electron chi connectivity index (χ3n) is 3.65. The molecule has 8 heteroatoms. The molecule has 24 heavy (non-hydrogen) atoms. The number of ether oxygens (including phenoxy) is 2. The first-order valence-electron chi connectivity index (χ1n) is 7.29. The molecule has 3 heterocycles. The van der Waals surface area contributed by atoms with Crippen molar-refractivity contribution in [3.63, 3.8) is 0 Å². The third-order valence-corrected chi connectivity index (χ3v) is 3.65. The Balaban J connectivity index is 1.61. The fourth-order valence-corrected chi connectivity index (χ4v) is 2.51. The van der Waals surface area contributed by atoms with Crippen molar-refractivity contribution >= 4 is 11.7 Å². The number of fused-ring (bicyclic) bond motifs is 1. The standard InChI is InChI=1S/C16H14N4O4/c1-9-5-15(19-24-9)17-16(21)11-7-12(20(2)18-11)10-3-4-13-14(6-10)23-8-22-13/h3-7H,8H2,1-2H3,(H,17,19,21). The van der Waals surface area contributed by atoms with Crippen molar-refractivity contribution in [2.24, 2.45) is 7.05 Å². The highest BCUT2D eigenvalue weighted by atomic mass is 16.7. The Hall–Kier alpha value is -3.29. The minimum atomic E-state index is -0.356. The normalized spacial score (nSPS) is 12.4. The summed E-state index contributed by atoms with van der Waals surface area (Å²) in [5.41, 5.74) is 1.95. The van der Waals surface area contributed by atoms with Crippen molar-refractivity contribution < 1.29 is 18.8 Å². The van der Waals surface area contributed by atoms with E-state index in [1.807, 2.05) is 18.2 Å². The molecule has 8 nitrogen and oxygen atoms in total. The van der Waals surface area contributed by atoms with E-state index in [2.05, 4.69) is 15.6 Å². The lowest BCUT2D eigenvalue weighted by Gasteiger charge is -2.03. The summed E-state index contributed by atoms with van der Waals surface area (Å²) in [5.74, 6) is 2.00.